The Labute approximate surface area is 111 Å². The van der Waals surface area contributed by atoms with Gasteiger partial charge >= 0.3 is 15.2 Å². The fourth-order valence-electron chi connectivity index (χ4n) is 1.09. The fourth-order valence-corrected chi connectivity index (χ4v) is 3.92. The van der Waals surface area contributed by atoms with Crippen molar-refractivity contribution in [1.82, 2.24) is 0 Å². The number of hydrogen-bond donors (Lipinski definition) is 0. The van der Waals surface area contributed by atoms with Crippen LogP contribution >= 0.6 is 15.2 Å². The van der Waals surface area contributed by atoms with Gasteiger partial charge in [-0.3, -0.25) is 9.13 Å². The Kier molecular flexibility index (Phi) is 7.18. The average molecular weight is 308 g/mol. The van der Waals surface area contributed by atoms with Gasteiger partial charge < -0.3 is 18.1 Å². The molecular weight excluding hydrogens is 294 g/mol. The van der Waals surface area contributed by atoms with Crippen molar-refractivity contribution in [2.45, 2.75) is 0 Å². The van der Waals surface area contributed by atoms with E-state index >= 15 is 0 Å². The van der Waals surface area contributed by atoms with Crippen LogP contribution in [0.5, 0.6) is 0 Å². The average Bonchev–Trinajstić information content (AvgIpc) is 2.46. The monoisotopic (exact) mass is 308 g/mol. The maximum absolute atomic E-state index is 12.3. The predicted octanol–water partition coefficient (Wildman–Crippen LogP) is 2.46. The van der Waals surface area contributed by atoms with Crippen molar-refractivity contribution >= 4 is 15.2 Å². The summed E-state index contributed by atoms with van der Waals surface area (Å²) in [5.41, 5.74) is 0. The van der Waals surface area contributed by atoms with Crippen LogP contribution in [0.25, 0.3) is 0 Å². The molecule has 0 unspecified atom stereocenters. The molecule has 0 aliphatic rings. The Bertz CT molecular complexity index is 488. The zero-order valence-corrected chi connectivity index (χ0v) is 12.7. The van der Waals surface area contributed by atoms with Crippen molar-refractivity contribution in [3.05, 3.63) is 11.1 Å². The van der Waals surface area contributed by atoms with E-state index in [9.17, 15) is 9.13 Å². The van der Waals surface area contributed by atoms with Gasteiger partial charge in [-0.15, -0.1) is 0 Å². The van der Waals surface area contributed by atoms with Gasteiger partial charge in [0.05, 0.1) is 17.5 Å². The summed E-state index contributed by atoms with van der Waals surface area (Å²) in [6.07, 6.45) is 0. The van der Waals surface area contributed by atoms with Gasteiger partial charge in [0.2, 0.25) is 0 Å². The lowest BCUT2D eigenvalue weighted by Crippen LogP contribution is -2.04. The standard InChI is InChI=1S/C9H14N2O6P2/c1-14-18(12,15-2)7-9(8(5-10)6-11)19(13,16-3)17-4/h7-8H,1-4H3/b9-7-. The highest BCUT2D eigenvalue weighted by Crippen LogP contribution is 2.62. The highest BCUT2D eigenvalue weighted by Gasteiger charge is 2.37. The highest BCUT2D eigenvalue weighted by molar-refractivity contribution is 7.62. The molecule has 0 bridgehead atoms. The maximum atomic E-state index is 12.3. The molecular formula is C9H14N2O6P2. The Hall–Kier alpha value is -0.980. The molecule has 0 fully saturated rings. The lowest BCUT2D eigenvalue weighted by Gasteiger charge is -2.19. The van der Waals surface area contributed by atoms with Crippen LogP contribution in [-0.2, 0) is 27.2 Å². The molecule has 106 valence electrons. The minimum absolute atomic E-state index is 0.380. The lowest BCUT2D eigenvalue weighted by molar-refractivity contribution is 0.278. The Morgan fingerprint density at radius 2 is 1.42 bits per heavy atom. The molecule has 0 N–H and O–H groups in total. The first kappa shape index (κ1) is 18.0. The molecule has 10 heteroatoms. The first-order chi connectivity index (χ1) is 8.86. The van der Waals surface area contributed by atoms with E-state index < -0.39 is 21.1 Å². The van der Waals surface area contributed by atoms with Crippen LogP contribution in [0.1, 0.15) is 0 Å². The quantitative estimate of drug-likeness (QED) is 0.658. The smallest absolute Gasteiger partial charge is 0.309 e. The van der Waals surface area contributed by atoms with Gasteiger partial charge in [0.15, 0.2) is 5.92 Å². The van der Waals surface area contributed by atoms with E-state index in [4.69, 9.17) is 19.6 Å². The van der Waals surface area contributed by atoms with Crippen LogP contribution in [0.3, 0.4) is 0 Å². The second-order valence-corrected chi connectivity index (χ2v) is 7.32. The molecule has 0 aromatic heterocycles. The third-order valence-corrected chi connectivity index (χ3v) is 5.95. The van der Waals surface area contributed by atoms with Gasteiger partial charge in [-0.1, -0.05) is 0 Å². The molecule has 0 atom stereocenters. The van der Waals surface area contributed by atoms with E-state index in [1.165, 1.54) is 0 Å². The van der Waals surface area contributed by atoms with Gasteiger partial charge in [0, 0.05) is 34.3 Å². The Balaban J connectivity index is 6.04. The minimum atomic E-state index is -3.92. The molecule has 0 spiro atoms. The summed E-state index contributed by atoms with van der Waals surface area (Å²) in [4.78, 5) is 0. The van der Waals surface area contributed by atoms with Gasteiger partial charge in [0.1, 0.15) is 0 Å². The van der Waals surface area contributed by atoms with E-state index in [1.807, 2.05) is 0 Å². The van der Waals surface area contributed by atoms with E-state index in [1.54, 1.807) is 12.1 Å². The molecule has 0 rings (SSSR count). The second-order valence-electron chi connectivity index (χ2n) is 3.01. The molecule has 19 heavy (non-hydrogen) atoms. The van der Waals surface area contributed by atoms with Crippen LogP contribution in [-0.4, -0.2) is 28.4 Å². The minimum Gasteiger partial charge on any atom is -0.309 e. The van der Waals surface area contributed by atoms with E-state index in [0.29, 0.717) is 0 Å². The van der Waals surface area contributed by atoms with Crippen molar-refractivity contribution in [3.8, 4) is 12.1 Å². The third kappa shape index (κ3) is 4.26. The molecule has 0 heterocycles. The van der Waals surface area contributed by atoms with E-state index in [2.05, 4.69) is 9.05 Å². The first-order valence-electron chi connectivity index (χ1n) is 4.81. The van der Waals surface area contributed by atoms with Crippen molar-refractivity contribution in [2.75, 3.05) is 28.4 Å². The molecule has 0 saturated carbocycles. The summed E-state index contributed by atoms with van der Waals surface area (Å²) in [6, 6.07) is 3.21. The van der Waals surface area contributed by atoms with Crippen LogP contribution in [0.4, 0.5) is 0 Å². The lowest BCUT2D eigenvalue weighted by atomic mass is 10.2. The van der Waals surface area contributed by atoms with Crippen LogP contribution in [0.15, 0.2) is 11.1 Å². The van der Waals surface area contributed by atoms with Gasteiger partial charge in [-0.25, -0.2) is 0 Å². The number of nitrogens with zero attached hydrogens (tertiary/aromatic N) is 2. The number of hydrogen-bond acceptors (Lipinski definition) is 8. The molecule has 0 amide bonds. The topological polar surface area (TPSA) is 119 Å². The van der Waals surface area contributed by atoms with Gasteiger partial charge in [-0.2, -0.15) is 10.5 Å². The van der Waals surface area contributed by atoms with Crippen LogP contribution in [0, 0.1) is 28.6 Å². The number of allylic oxidation sites excluding steroid dienone is 1. The molecule has 8 nitrogen and oxygen atoms in total. The molecule has 0 aliphatic carbocycles. The van der Waals surface area contributed by atoms with Crippen molar-refractivity contribution in [3.63, 3.8) is 0 Å². The van der Waals surface area contributed by atoms with E-state index in [-0.39, 0.29) is 5.31 Å². The summed E-state index contributed by atoms with van der Waals surface area (Å²) in [7, 11) is -3.28. The van der Waals surface area contributed by atoms with Crippen molar-refractivity contribution in [1.29, 1.82) is 10.5 Å². The highest BCUT2D eigenvalue weighted by atomic mass is 31.2. The Morgan fingerprint density at radius 1 is 1.00 bits per heavy atom. The SMILES string of the molecule is COP(=O)(/C=C(/C(C#N)C#N)P(=O)(OC)OC)OC. The van der Waals surface area contributed by atoms with Crippen molar-refractivity contribution < 1.29 is 27.2 Å². The van der Waals surface area contributed by atoms with Crippen molar-refractivity contribution in [2.24, 2.45) is 5.92 Å². The normalized spacial score (nSPS) is 13.1. The first-order valence-corrected chi connectivity index (χ1v) is 7.97. The van der Waals surface area contributed by atoms with Gasteiger partial charge in [-0.05, 0) is 0 Å². The predicted molar refractivity (Wildman–Crippen MR) is 66.0 cm³/mol. The number of nitriles is 2. The largest absolute Gasteiger partial charge is 0.359 e. The molecule has 0 saturated heterocycles. The summed E-state index contributed by atoms with van der Waals surface area (Å²) in [5.74, 6) is -0.651. The molecule has 0 aromatic carbocycles. The van der Waals surface area contributed by atoms with Crippen LogP contribution < -0.4 is 0 Å². The maximum Gasteiger partial charge on any atom is 0.359 e. The summed E-state index contributed by atoms with van der Waals surface area (Å²) in [5, 5.41) is 17.4. The molecule has 0 aromatic rings. The fraction of sp³-hybridized carbons (Fsp3) is 0.556. The third-order valence-electron chi connectivity index (χ3n) is 2.15. The summed E-state index contributed by atoms with van der Waals surface area (Å²) in [6.45, 7) is 0. The summed E-state index contributed by atoms with van der Waals surface area (Å²) >= 11 is 0. The molecule has 0 radical (unpaired) electrons. The second kappa shape index (κ2) is 7.57. The van der Waals surface area contributed by atoms with E-state index in [0.717, 1.165) is 34.3 Å². The summed E-state index contributed by atoms with van der Waals surface area (Å²) < 4.78 is 43.0. The number of rotatable bonds is 7. The molecule has 0 aliphatic heterocycles. The Morgan fingerprint density at radius 3 is 1.68 bits per heavy atom. The zero-order valence-electron chi connectivity index (χ0n) is 10.9. The zero-order chi connectivity index (χ0) is 15.1. The van der Waals surface area contributed by atoms with Gasteiger partial charge in [0.25, 0.3) is 0 Å². The van der Waals surface area contributed by atoms with Crippen LogP contribution in [0.2, 0.25) is 0 Å².